The van der Waals surface area contributed by atoms with E-state index in [0.717, 1.165) is 73.7 Å². The Balaban J connectivity index is 0.00000484. The lowest BCUT2D eigenvalue weighted by Crippen LogP contribution is -2.32. The number of nitrogens with zero attached hydrogens (tertiary/aromatic N) is 4. The summed E-state index contributed by atoms with van der Waals surface area (Å²) in [7, 11) is 0. The smallest absolute Gasteiger partial charge is 0.333 e. The van der Waals surface area contributed by atoms with Crippen molar-refractivity contribution in [3.8, 4) is 0 Å². The summed E-state index contributed by atoms with van der Waals surface area (Å²) in [6.07, 6.45) is 8.75. The number of rotatable bonds is 12. The van der Waals surface area contributed by atoms with Crippen molar-refractivity contribution in [1.82, 2.24) is 14.9 Å². The van der Waals surface area contributed by atoms with Gasteiger partial charge in [-0.2, -0.15) is 0 Å². The van der Waals surface area contributed by atoms with E-state index in [-0.39, 0.29) is 30.8 Å². The van der Waals surface area contributed by atoms with Crippen LogP contribution in [0.25, 0.3) is 0 Å². The summed E-state index contributed by atoms with van der Waals surface area (Å²) in [5, 5.41) is 14.2. The number of carbonyl (C=O) groups excluding carboxylic acids is 1. The van der Waals surface area contributed by atoms with Crippen molar-refractivity contribution in [2.45, 2.75) is 52.0 Å². The first-order chi connectivity index (χ1) is 19.9. The summed E-state index contributed by atoms with van der Waals surface area (Å²) < 4.78 is 5.43. The van der Waals surface area contributed by atoms with Gasteiger partial charge in [-0.25, -0.2) is 19.8 Å². The Morgan fingerprint density at radius 1 is 1.14 bits per heavy atom. The lowest BCUT2D eigenvalue weighted by atomic mass is 10.0. The summed E-state index contributed by atoms with van der Waals surface area (Å²) in [5.41, 5.74) is 9.56. The van der Waals surface area contributed by atoms with E-state index >= 15 is 0 Å². The molecule has 11 heteroatoms. The van der Waals surface area contributed by atoms with Gasteiger partial charge in [0.2, 0.25) is 5.95 Å². The third-order valence-electron chi connectivity index (χ3n) is 6.85. The van der Waals surface area contributed by atoms with Crippen LogP contribution in [0.2, 0.25) is 0 Å². The quantitative estimate of drug-likeness (QED) is 0.0919. The molecule has 2 heterocycles. The molecule has 224 valence electrons. The molecular formula is C31H41ClN8O2. The van der Waals surface area contributed by atoms with Gasteiger partial charge in [0.05, 0.1) is 12.3 Å². The largest absolute Gasteiger partial charge is 0.464 e. The number of hydrogen-bond donors (Lipinski definition) is 4. The average Bonchev–Trinajstić information content (AvgIpc) is 3.19. The van der Waals surface area contributed by atoms with Crippen LogP contribution in [0.4, 0.5) is 17.3 Å². The van der Waals surface area contributed by atoms with Crippen LogP contribution in [-0.4, -0.2) is 58.7 Å². The maximum atomic E-state index is 13.1. The Bertz CT molecular complexity index is 1330. The number of halogens is 1. The predicted octanol–water partition coefficient (Wildman–Crippen LogP) is 5.62. The lowest BCUT2D eigenvalue weighted by molar-refractivity contribution is -0.144. The number of anilines is 2. The molecular weight excluding hydrogens is 552 g/mol. The SMILES string of the molecule is CCOC(=O)C(Nc1ccc(C(=N)N)cc1)c1cc(C)cc(N=C2CCCCCN2CCCNc2ncccn2)c1.Cl. The summed E-state index contributed by atoms with van der Waals surface area (Å²) in [6.45, 7) is 6.74. The zero-order valence-electron chi connectivity index (χ0n) is 24.3. The number of ether oxygens (including phenoxy) is 1. The average molecular weight is 593 g/mol. The minimum atomic E-state index is -0.714. The Morgan fingerprint density at radius 2 is 1.90 bits per heavy atom. The number of nitrogens with two attached hydrogens (primary N) is 1. The normalized spacial score (nSPS) is 14.8. The van der Waals surface area contributed by atoms with E-state index in [1.54, 1.807) is 37.5 Å². The van der Waals surface area contributed by atoms with Gasteiger partial charge < -0.3 is 26.0 Å². The van der Waals surface area contributed by atoms with Gasteiger partial charge in [-0.15, -0.1) is 12.4 Å². The summed E-state index contributed by atoms with van der Waals surface area (Å²) in [5.74, 6) is 1.35. The molecule has 1 aliphatic heterocycles. The number of nitrogen functional groups attached to an aromatic ring is 1. The standard InChI is InChI=1S/C31H40N8O2.ClH/c1-3-41-30(40)28(38-25-12-10-23(11-13-25)29(32)33)24-19-22(2)20-26(21-24)37-27-9-5-4-6-17-39(27)18-8-16-36-31-34-14-7-15-35-31;/h7,10-15,19-21,28,38H,3-6,8-9,16-18H2,1-2H3,(H3,32,33)(H,34,35,36);1H. The molecule has 1 unspecified atom stereocenters. The first-order valence-electron chi connectivity index (χ1n) is 14.3. The van der Waals surface area contributed by atoms with Gasteiger partial charge in [-0.05, 0) is 86.7 Å². The van der Waals surface area contributed by atoms with E-state index < -0.39 is 6.04 Å². The number of carbonyl (C=O) groups is 1. The Hall–Kier alpha value is -4.18. The molecule has 1 fully saturated rings. The topological polar surface area (TPSA) is 142 Å². The van der Waals surface area contributed by atoms with Crippen molar-refractivity contribution in [2.75, 3.05) is 36.9 Å². The van der Waals surface area contributed by atoms with Crippen LogP contribution in [0.1, 0.15) is 61.8 Å². The van der Waals surface area contributed by atoms with E-state index in [9.17, 15) is 4.79 Å². The lowest BCUT2D eigenvalue weighted by Gasteiger charge is -2.25. The van der Waals surface area contributed by atoms with Crippen LogP contribution in [0.5, 0.6) is 0 Å². The Labute approximate surface area is 254 Å². The van der Waals surface area contributed by atoms with Crippen molar-refractivity contribution in [2.24, 2.45) is 10.7 Å². The van der Waals surface area contributed by atoms with E-state index in [4.69, 9.17) is 20.9 Å². The highest BCUT2D eigenvalue weighted by Gasteiger charge is 2.23. The molecule has 0 aliphatic carbocycles. The third kappa shape index (κ3) is 9.44. The number of hydrogen-bond acceptors (Lipinski definition) is 8. The first-order valence-corrected chi connectivity index (χ1v) is 14.3. The first kappa shape index (κ1) is 32.3. The van der Waals surface area contributed by atoms with E-state index in [2.05, 4.69) is 31.6 Å². The van der Waals surface area contributed by atoms with Crippen molar-refractivity contribution < 1.29 is 9.53 Å². The molecule has 42 heavy (non-hydrogen) atoms. The molecule has 0 spiro atoms. The predicted molar refractivity (Wildman–Crippen MR) is 171 cm³/mol. The zero-order valence-corrected chi connectivity index (χ0v) is 25.1. The molecule has 0 bridgehead atoms. The zero-order chi connectivity index (χ0) is 29.0. The Morgan fingerprint density at radius 3 is 2.62 bits per heavy atom. The molecule has 0 saturated carbocycles. The summed E-state index contributed by atoms with van der Waals surface area (Å²) in [4.78, 5) is 29.1. The maximum Gasteiger partial charge on any atom is 0.333 e. The second-order valence-corrected chi connectivity index (χ2v) is 10.1. The molecule has 0 amide bonds. The van der Waals surface area contributed by atoms with Gasteiger partial charge in [0.25, 0.3) is 0 Å². The van der Waals surface area contributed by atoms with Gasteiger partial charge in [-0.3, -0.25) is 5.41 Å². The minimum absolute atomic E-state index is 0. The molecule has 1 saturated heterocycles. The highest BCUT2D eigenvalue weighted by atomic mass is 35.5. The van der Waals surface area contributed by atoms with Crippen molar-refractivity contribution in [3.05, 3.63) is 77.6 Å². The van der Waals surface area contributed by atoms with Gasteiger partial charge in [0, 0.05) is 49.7 Å². The van der Waals surface area contributed by atoms with Crippen LogP contribution in [0.3, 0.4) is 0 Å². The van der Waals surface area contributed by atoms with E-state index in [0.29, 0.717) is 11.5 Å². The summed E-state index contributed by atoms with van der Waals surface area (Å²) in [6, 6.07) is 14.2. The number of aromatic nitrogens is 2. The number of amidine groups is 2. The van der Waals surface area contributed by atoms with Crippen LogP contribution < -0.4 is 16.4 Å². The number of likely N-dealkylation sites (tertiary alicyclic amines) is 1. The third-order valence-corrected chi connectivity index (χ3v) is 6.85. The number of aryl methyl sites for hydroxylation is 1. The fraction of sp³-hybridized carbons (Fsp3) is 0.387. The van der Waals surface area contributed by atoms with E-state index in [1.165, 1.54) is 6.42 Å². The molecule has 2 aromatic carbocycles. The van der Waals surface area contributed by atoms with Gasteiger partial charge >= 0.3 is 5.97 Å². The number of aliphatic imine (C=N–C) groups is 1. The van der Waals surface area contributed by atoms with Crippen molar-refractivity contribution in [3.63, 3.8) is 0 Å². The van der Waals surface area contributed by atoms with E-state index in [1.807, 2.05) is 31.2 Å². The molecule has 1 aromatic heterocycles. The van der Waals surface area contributed by atoms with Crippen LogP contribution in [0.15, 0.2) is 65.9 Å². The van der Waals surface area contributed by atoms with Gasteiger partial charge in [0.15, 0.2) is 6.04 Å². The van der Waals surface area contributed by atoms with Crippen LogP contribution in [0, 0.1) is 12.3 Å². The highest BCUT2D eigenvalue weighted by Crippen LogP contribution is 2.28. The van der Waals surface area contributed by atoms with Crippen molar-refractivity contribution >= 4 is 47.4 Å². The number of esters is 1. The van der Waals surface area contributed by atoms with Crippen molar-refractivity contribution in [1.29, 1.82) is 5.41 Å². The highest BCUT2D eigenvalue weighted by molar-refractivity contribution is 5.95. The molecule has 1 aliphatic rings. The molecule has 3 aromatic rings. The Kier molecular flexibility index (Phi) is 12.6. The molecule has 5 N–H and O–H groups in total. The van der Waals surface area contributed by atoms with Gasteiger partial charge in [-0.1, -0.05) is 12.5 Å². The second kappa shape index (κ2) is 16.3. The molecule has 10 nitrogen and oxygen atoms in total. The number of benzene rings is 2. The molecule has 4 rings (SSSR count). The fourth-order valence-corrected chi connectivity index (χ4v) is 4.87. The minimum Gasteiger partial charge on any atom is -0.464 e. The number of nitrogens with one attached hydrogen (secondary N) is 3. The van der Waals surface area contributed by atoms with Crippen LogP contribution in [-0.2, 0) is 9.53 Å². The monoisotopic (exact) mass is 592 g/mol. The molecule has 0 radical (unpaired) electrons. The van der Waals surface area contributed by atoms with Crippen LogP contribution >= 0.6 is 12.4 Å². The second-order valence-electron chi connectivity index (χ2n) is 10.1. The maximum absolute atomic E-state index is 13.1. The summed E-state index contributed by atoms with van der Waals surface area (Å²) >= 11 is 0. The molecule has 1 atom stereocenters. The van der Waals surface area contributed by atoms with Gasteiger partial charge in [0.1, 0.15) is 11.7 Å². The fourth-order valence-electron chi connectivity index (χ4n) is 4.87.